The van der Waals surface area contributed by atoms with Crippen molar-refractivity contribution >= 4 is 35.2 Å². The zero-order valence-electron chi connectivity index (χ0n) is 24.2. The van der Waals surface area contributed by atoms with E-state index in [1.165, 1.54) is 6.42 Å². The van der Waals surface area contributed by atoms with Gasteiger partial charge in [-0.25, -0.2) is 0 Å². The number of aliphatic hydroxyl groups excluding tert-OH is 1. The van der Waals surface area contributed by atoms with Gasteiger partial charge in [-0.05, 0) is 57.9 Å². The molecule has 0 bridgehead atoms. The van der Waals surface area contributed by atoms with Crippen molar-refractivity contribution in [1.82, 2.24) is 9.80 Å². The fraction of sp³-hybridized carbons (Fsp3) is 0.594. The highest BCUT2D eigenvalue weighted by atomic mass is 32.2. The van der Waals surface area contributed by atoms with E-state index in [4.69, 9.17) is 4.74 Å². The summed E-state index contributed by atoms with van der Waals surface area (Å²) in [5, 5.41) is 10.2. The predicted molar refractivity (Wildman–Crippen MR) is 160 cm³/mol. The molecule has 4 heterocycles. The molecule has 6 atom stereocenters. The number of carbonyl (C=O) groups is 3. The Morgan fingerprint density at radius 1 is 0.976 bits per heavy atom. The zero-order chi connectivity index (χ0) is 28.9. The normalized spacial score (nSPS) is 34.3. The van der Waals surface area contributed by atoms with E-state index in [0.717, 1.165) is 37.1 Å². The summed E-state index contributed by atoms with van der Waals surface area (Å²) in [5.41, 5.74) is 0.747. The SMILES string of the molecule is CCOc1ccc(N2CC=C[C@@]3(C)S[C@]45C=CCN(C6CCCCC6)C(=O)C4N([C@H](C)CO)C(=O)[C@@H]5[C@H]3C2=O)cc1. The van der Waals surface area contributed by atoms with Gasteiger partial charge in [0, 0.05) is 29.6 Å². The first-order chi connectivity index (χ1) is 19.8. The summed E-state index contributed by atoms with van der Waals surface area (Å²) in [6, 6.07) is 6.33. The Kier molecular flexibility index (Phi) is 7.47. The quantitative estimate of drug-likeness (QED) is 0.516. The molecule has 1 N–H and O–H groups in total. The topological polar surface area (TPSA) is 90.4 Å². The van der Waals surface area contributed by atoms with Crippen LogP contribution in [0.4, 0.5) is 5.69 Å². The number of likely N-dealkylation sites (tertiary alicyclic amines) is 1. The van der Waals surface area contributed by atoms with Crippen molar-refractivity contribution in [3.05, 3.63) is 48.6 Å². The summed E-state index contributed by atoms with van der Waals surface area (Å²) in [7, 11) is 0. The van der Waals surface area contributed by atoms with Crippen LogP contribution in [0.15, 0.2) is 48.6 Å². The van der Waals surface area contributed by atoms with Gasteiger partial charge in [0.25, 0.3) is 0 Å². The number of benzene rings is 1. The molecule has 6 rings (SSSR count). The van der Waals surface area contributed by atoms with E-state index in [2.05, 4.69) is 18.2 Å². The molecule has 1 unspecified atom stereocenters. The Morgan fingerprint density at radius 2 is 1.68 bits per heavy atom. The van der Waals surface area contributed by atoms with Crippen molar-refractivity contribution in [2.24, 2.45) is 11.8 Å². The lowest BCUT2D eigenvalue weighted by molar-refractivity contribution is -0.146. The van der Waals surface area contributed by atoms with Gasteiger partial charge < -0.3 is 24.5 Å². The van der Waals surface area contributed by atoms with Gasteiger partial charge in [-0.15, -0.1) is 11.8 Å². The summed E-state index contributed by atoms with van der Waals surface area (Å²) in [6.07, 6.45) is 13.5. The number of carbonyl (C=O) groups excluding carboxylic acids is 3. The maximum absolute atomic E-state index is 14.5. The van der Waals surface area contributed by atoms with Crippen LogP contribution in [0.1, 0.15) is 52.9 Å². The zero-order valence-corrected chi connectivity index (χ0v) is 25.0. The molecule has 3 fully saturated rings. The lowest BCUT2D eigenvalue weighted by atomic mass is 9.74. The fourth-order valence-electron chi connectivity index (χ4n) is 7.88. The van der Waals surface area contributed by atoms with E-state index in [-0.39, 0.29) is 30.4 Å². The first-order valence-electron chi connectivity index (χ1n) is 15.1. The molecular weight excluding hydrogens is 538 g/mol. The van der Waals surface area contributed by atoms with Crippen molar-refractivity contribution in [3.8, 4) is 5.75 Å². The predicted octanol–water partition coefficient (Wildman–Crippen LogP) is 3.79. The second-order valence-electron chi connectivity index (χ2n) is 12.2. The molecule has 4 aliphatic heterocycles. The summed E-state index contributed by atoms with van der Waals surface area (Å²) in [4.78, 5) is 48.9. The molecule has 9 heteroatoms. The summed E-state index contributed by atoms with van der Waals surface area (Å²) >= 11 is 1.59. The molecule has 8 nitrogen and oxygen atoms in total. The number of amides is 3. The molecule has 2 saturated heterocycles. The Hall–Kier alpha value is -2.78. The van der Waals surface area contributed by atoms with Crippen LogP contribution >= 0.6 is 11.8 Å². The second kappa shape index (κ2) is 10.8. The summed E-state index contributed by atoms with van der Waals surface area (Å²) < 4.78 is 4.03. The van der Waals surface area contributed by atoms with Crippen LogP contribution in [-0.4, -0.2) is 86.6 Å². The van der Waals surface area contributed by atoms with E-state index in [1.807, 2.05) is 49.1 Å². The molecular formula is C32H41N3O5S. The van der Waals surface area contributed by atoms with Crippen molar-refractivity contribution in [1.29, 1.82) is 0 Å². The Balaban J connectivity index is 1.42. The molecule has 1 spiro atoms. The number of anilines is 1. The third-order valence-corrected chi connectivity index (χ3v) is 11.5. The molecule has 1 saturated carbocycles. The van der Waals surface area contributed by atoms with Crippen molar-refractivity contribution in [2.75, 3.05) is 31.2 Å². The number of hydrogen-bond acceptors (Lipinski definition) is 6. The van der Waals surface area contributed by atoms with Crippen molar-refractivity contribution in [3.63, 3.8) is 0 Å². The second-order valence-corrected chi connectivity index (χ2v) is 14.0. The molecule has 1 aromatic carbocycles. The van der Waals surface area contributed by atoms with Crippen LogP contribution in [0.25, 0.3) is 0 Å². The monoisotopic (exact) mass is 579 g/mol. The van der Waals surface area contributed by atoms with Gasteiger partial charge in [0.05, 0.1) is 35.8 Å². The van der Waals surface area contributed by atoms with Crippen LogP contribution in [0, 0.1) is 11.8 Å². The number of ether oxygens (including phenoxy) is 1. The van der Waals surface area contributed by atoms with Crippen LogP contribution in [-0.2, 0) is 14.4 Å². The highest BCUT2D eigenvalue weighted by Crippen LogP contribution is 2.66. The van der Waals surface area contributed by atoms with Gasteiger partial charge >= 0.3 is 0 Å². The van der Waals surface area contributed by atoms with E-state index >= 15 is 0 Å². The van der Waals surface area contributed by atoms with E-state index in [1.54, 1.807) is 28.5 Å². The lowest BCUT2D eigenvalue weighted by Crippen LogP contribution is -2.57. The third kappa shape index (κ3) is 4.42. The number of aliphatic hydroxyl groups is 1. The molecule has 1 aliphatic carbocycles. The standard InChI is InChI=1S/C32H41N3O5S/c1-4-40-24-14-12-23(13-15-24)33-18-8-16-31(3)25(28(33)37)26-29(38)35(21(2)20-36)27-30(39)34(22-10-6-5-7-11-22)19-9-17-32(26,27)41-31/h8-9,12-17,21-22,25-27,36H,4-7,10-11,18-20H2,1-3H3/t21-,25+,26+,27?,31-,32+/m1/s1. The molecule has 41 heavy (non-hydrogen) atoms. The Bertz CT molecular complexity index is 1260. The van der Waals surface area contributed by atoms with Crippen molar-refractivity contribution in [2.45, 2.75) is 80.5 Å². The van der Waals surface area contributed by atoms with Gasteiger partial charge in [-0.3, -0.25) is 14.4 Å². The highest BCUT2D eigenvalue weighted by Gasteiger charge is 2.74. The third-order valence-electron chi connectivity index (χ3n) is 9.74. The Labute approximate surface area is 246 Å². The molecule has 1 aromatic rings. The lowest BCUT2D eigenvalue weighted by Gasteiger charge is -2.41. The fourth-order valence-corrected chi connectivity index (χ4v) is 10.0. The molecule has 5 aliphatic rings. The first-order valence-corrected chi connectivity index (χ1v) is 15.9. The number of rotatable bonds is 6. The van der Waals surface area contributed by atoms with Crippen LogP contribution in [0.5, 0.6) is 5.75 Å². The van der Waals surface area contributed by atoms with E-state index in [0.29, 0.717) is 19.7 Å². The van der Waals surface area contributed by atoms with Crippen molar-refractivity contribution < 1.29 is 24.2 Å². The molecule has 0 radical (unpaired) electrons. The number of hydrogen-bond donors (Lipinski definition) is 1. The average molecular weight is 580 g/mol. The molecule has 0 aromatic heterocycles. The van der Waals surface area contributed by atoms with Gasteiger partial charge in [-0.1, -0.05) is 43.6 Å². The van der Waals surface area contributed by atoms with Crippen LogP contribution in [0.2, 0.25) is 0 Å². The largest absolute Gasteiger partial charge is 0.494 e. The maximum atomic E-state index is 14.5. The minimum Gasteiger partial charge on any atom is -0.494 e. The minimum atomic E-state index is -0.901. The van der Waals surface area contributed by atoms with Gasteiger partial charge in [0.2, 0.25) is 17.7 Å². The molecule has 220 valence electrons. The number of thioether (sulfide) groups is 1. The van der Waals surface area contributed by atoms with E-state index < -0.39 is 33.4 Å². The maximum Gasteiger partial charge on any atom is 0.247 e. The summed E-state index contributed by atoms with van der Waals surface area (Å²) in [6.45, 7) is 6.99. The van der Waals surface area contributed by atoms with Gasteiger partial charge in [0.1, 0.15) is 11.8 Å². The van der Waals surface area contributed by atoms with E-state index in [9.17, 15) is 19.5 Å². The highest BCUT2D eigenvalue weighted by molar-refractivity contribution is 8.02. The van der Waals surface area contributed by atoms with Crippen LogP contribution in [0.3, 0.4) is 0 Å². The van der Waals surface area contributed by atoms with Gasteiger partial charge in [0.15, 0.2) is 0 Å². The first kappa shape index (κ1) is 28.3. The minimum absolute atomic E-state index is 0.0505. The van der Waals surface area contributed by atoms with Crippen LogP contribution < -0.4 is 9.64 Å². The summed E-state index contributed by atoms with van der Waals surface area (Å²) in [5.74, 6) is -1.02. The average Bonchev–Trinajstić information content (AvgIpc) is 3.25. The number of nitrogens with zero attached hydrogens (tertiary/aromatic N) is 3. The number of fused-ring (bicyclic) bond motifs is 2. The smallest absolute Gasteiger partial charge is 0.247 e. The molecule has 3 amide bonds. The Morgan fingerprint density at radius 3 is 2.37 bits per heavy atom. The van der Waals surface area contributed by atoms with Gasteiger partial charge in [-0.2, -0.15) is 0 Å².